The second kappa shape index (κ2) is 6.05. The fraction of sp³-hybridized carbons (Fsp3) is 0.400. The molecule has 3 rings (SSSR count). The molecule has 23 heavy (non-hydrogen) atoms. The molecule has 2 atom stereocenters. The van der Waals surface area contributed by atoms with E-state index in [4.69, 9.17) is 11.6 Å². The van der Waals surface area contributed by atoms with Gasteiger partial charge in [-0.2, -0.15) is 0 Å². The number of carbonyl (C=O) groups is 3. The van der Waals surface area contributed by atoms with Crippen LogP contribution in [-0.4, -0.2) is 51.5 Å². The number of nitrogens with zero attached hydrogens (tertiary/aromatic N) is 2. The smallest absolute Gasteiger partial charge is 0.327 e. The van der Waals surface area contributed by atoms with Gasteiger partial charge in [0.1, 0.15) is 12.6 Å². The second-order valence-corrected chi connectivity index (χ2v) is 7.30. The maximum absolute atomic E-state index is 12.6. The van der Waals surface area contributed by atoms with Crippen LogP contribution in [0.1, 0.15) is 12.5 Å². The minimum atomic E-state index is -1.02. The summed E-state index contributed by atoms with van der Waals surface area (Å²) in [6.45, 7) is 1.65. The summed E-state index contributed by atoms with van der Waals surface area (Å²) in [4.78, 5) is 38.8. The molecule has 2 amide bonds. The van der Waals surface area contributed by atoms with Crippen LogP contribution in [0.2, 0.25) is 5.02 Å². The maximum atomic E-state index is 12.6. The average molecular weight is 355 g/mol. The Balaban J connectivity index is 1.81. The van der Waals surface area contributed by atoms with Crippen molar-refractivity contribution >= 4 is 46.8 Å². The van der Waals surface area contributed by atoms with Crippen LogP contribution in [0.25, 0.3) is 0 Å². The molecule has 2 aliphatic rings. The Kier molecular flexibility index (Phi) is 4.25. The Morgan fingerprint density at radius 2 is 2.17 bits per heavy atom. The zero-order chi connectivity index (χ0) is 16.7. The predicted octanol–water partition coefficient (Wildman–Crippen LogP) is 1.60. The van der Waals surface area contributed by atoms with Crippen molar-refractivity contribution in [3.63, 3.8) is 0 Å². The zero-order valence-corrected chi connectivity index (χ0v) is 13.9. The van der Waals surface area contributed by atoms with E-state index in [0.29, 0.717) is 16.5 Å². The fourth-order valence-electron chi connectivity index (χ4n) is 2.95. The number of anilines is 1. The number of halogens is 1. The molecule has 8 heteroatoms. The summed E-state index contributed by atoms with van der Waals surface area (Å²) in [6.07, 6.45) is 0.204. The summed E-state index contributed by atoms with van der Waals surface area (Å²) in [7, 11) is 0. The lowest BCUT2D eigenvalue weighted by Crippen LogP contribution is -2.49. The number of benzene rings is 1. The van der Waals surface area contributed by atoms with Crippen molar-refractivity contribution in [1.82, 2.24) is 4.90 Å². The zero-order valence-electron chi connectivity index (χ0n) is 12.4. The molecular weight excluding hydrogens is 340 g/mol. The van der Waals surface area contributed by atoms with Gasteiger partial charge in [-0.1, -0.05) is 11.6 Å². The van der Waals surface area contributed by atoms with Gasteiger partial charge in [0, 0.05) is 16.5 Å². The molecule has 1 N–H and O–H groups in total. The van der Waals surface area contributed by atoms with E-state index in [1.807, 2.05) is 0 Å². The highest BCUT2D eigenvalue weighted by Gasteiger charge is 2.41. The standard InChI is InChI=1S/C15H15ClN2O4S/c1-8-18(12(7-23-8)15(21)22)14(20)6-17-11-3-2-10(16)4-9(11)5-13(17)19/h2-4,8,12H,5-7H2,1H3,(H,21,22). The normalized spacial score (nSPS) is 23.3. The number of hydrogen-bond acceptors (Lipinski definition) is 4. The molecule has 1 aromatic rings. The molecular formula is C15H15ClN2O4S. The van der Waals surface area contributed by atoms with Gasteiger partial charge < -0.3 is 14.9 Å². The molecule has 1 aromatic carbocycles. The summed E-state index contributed by atoms with van der Waals surface area (Å²) in [5.41, 5.74) is 1.45. The van der Waals surface area contributed by atoms with Gasteiger partial charge in [-0.3, -0.25) is 9.59 Å². The lowest BCUT2D eigenvalue weighted by Gasteiger charge is -2.27. The van der Waals surface area contributed by atoms with Gasteiger partial charge in [0.2, 0.25) is 11.8 Å². The number of rotatable bonds is 3. The molecule has 0 spiro atoms. The number of carboxylic acids is 1. The average Bonchev–Trinajstić information content (AvgIpc) is 2.99. The largest absolute Gasteiger partial charge is 0.480 e. The van der Waals surface area contributed by atoms with Gasteiger partial charge >= 0.3 is 5.97 Å². The van der Waals surface area contributed by atoms with E-state index in [1.54, 1.807) is 25.1 Å². The van der Waals surface area contributed by atoms with E-state index >= 15 is 0 Å². The van der Waals surface area contributed by atoms with Crippen molar-refractivity contribution in [2.45, 2.75) is 24.8 Å². The Bertz CT molecular complexity index is 696. The summed E-state index contributed by atoms with van der Waals surface area (Å²) in [5, 5.41) is 9.57. The first-order chi connectivity index (χ1) is 10.9. The third kappa shape index (κ3) is 2.90. The SMILES string of the molecule is CC1SCC(C(=O)O)N1C(=O)CN1C(=O)Cc2cc(Cl)ccc21. The van der Waals surface area contributed by atoms with E-state index in [1.165, 1.54) is 21.6 Å². The van der Waals surface area contributed by atoms with Crippen molar-refractivity contribution < 1.29 is 19.5 Å². The third-order valence-corrected chi connectivity index (χ3v) is 5.52. The van der Waals surface area contributed by atoms with E-state index in [9.17, 15) is 19.5 Å². The highest BCUT2D eigenvalue weighted by Crippen LogP contribution is 2.33. The van der Waals surface area contributed by atoms with Crippen molar-refractivity contribution in [1.29, 1.82) is 0 Å². The lowest BCUT2D eigenvalue weighted by molar-refractivity contribution is -0.148. The van der Waals surface area contributed by atoms with Crippen LogP contribution in [0, 0.1) is 0 Å². The topological polar surface area (TPSA) is 77.9 Å². The number of fused-ring (bicyclic) bond motifs is 1. The van der Waals surface area contributed by atoms with Crippen LogP contribution in [0.4, 0.5) is 5.69 Å². The number of aliphatic carboxylic acids is 1. The third-order valence-electron chi connectivity index (χ3n) is 4.06. The van der Waals surface area contributed by atoms with E-state index in [0.717, 1.165) is 5.56 Å². The second-order valence-electron chi connectivity index (χ2n) is 5.52. The highest BCUT2D eigenvalue weighted by molar-refractivity contribution is 8.00. The van der Waals surface area contributed by atoms with Gasteiger partial charge in [0.05, 0.1) is 11.8 Å². The molecule has 2 aliphatic heterocycles. The fourth-order valence-corrected chi connectivity index (χ4v) is 4.34. The minimum Gasteiger partial charge on any atom is -0.480 e. The van der Waals surface area contributed by atoms with Crippen molar-refractivity contribution in [3.8, 4) is 0 Å². The van der Waals surface area contributed by atoms with Gasteiger partial charge in [-0.25, -0.2) is 4.79 Å². The summed E-state index contributed by atoms with van der Waals surface area (Å²) >= 11 is 7.35. The summed E-state index contributed by atoms with van der Waals surface area (Å²) in [6, 6.07) is 4.26. The molecule has 0 bridgehead atoms. The molecule has 0 aliphatic carbocycles. The van der Waals surface area contributed by atoms with E-state index in [2.05, 4.69) is 0 Å². The molecule has 2 heterocycles. The first kappa shape index (κ1) is 16.1. The van der Waals surface area contributed by atoms with Crippen molar-refractivity contribution in [2.24, 2.45) is 0 Å². The van der Waals surface area contributed by atoms with Crippen LogP contribution in [0.3, 0.4) is 0 Å². The van der Waals surface area contributed by atoms with Crippen LogP contribution < -0.4 is 4.90 Å². The minimum absolute atomic E-state index is 0.151. The Morgan fingerprint density at radius 1 is 1.43 bits per heavy atom. The predicted molar refractivity (Wildman–Crippen MR) is 87.7 cm³/mol. The Labute approximate surface area is 142 Å². The number of carboxylic acid groups (broad SMARTS) is 1. The van der Waals surface area contributed by atoms with Crippen LogP contribution in [0.5, 0.6) is 0 Å². The molecule has 1 saturated heterocycles. The van der Waals surface area contributed by atoms with Crippen molar-refractivity contribution in [2.75, 3.05) is 17.2 Å². The molecule has 1 fully saturated rings. The molecule has 0 radical (unpaired) electrons. The first-order valence-corrected chi connectivity index (χ1v) is 8.55. The van der Waals surface area contributed by atoms with Crippen LogP contribution in [0.15, 0.2) is 18.2 Å². The summed E-state index contributed by atoms with van der Waals surface area (Å²) < 4.78 is 0. The number of hydrogen-bond donors (Lipinski definition) is 1. The Hall–Kier alpha value is -1.73. The van der Waals surface area contributed by atoms with E-state index in [-0.39, 0.29) is 30.2 Å². The van der Waals surface area contributed by atoms with Gasteiger partial charge in [0.15, 0.2) is 0 Å². The molecule has 0 saturated carbocycles. The van der Waals surface area contributed by atoms with Gasteiger partial charge in [-0.15, -0.1) is 11.8 Å². The van der Waals surface area contributed by atoms with Gasteiger partial charge in [-0.05, 0) is 30.7 Å². The quantitative estimate of drug-likeness (QED) is 0.892. The van der Waals surface area contributed by atoms with E-state index < -0.39 is 12.0 Å². The molecule has 0 aromatic heterocycles. The monoisotopic (exact) mass is 354 g/mol. The molecule has 122 valence electrons. The van der Waals surface area contributed by atoms with Gasteiger partial charge in [0.25, 0.3) is 0 Å². The van der Waals surface area contributed by atoms with Crippen LogP contribution in [-0.2, 0) is 20.8 Å². The molecule has 2 unspecified atom stereocenters. The highest BCUT2D eigenvalue weighted by atomic mass is 35.5. The molecule has 6 nitrogen and oxygen atoms in total. The van der Waals surface area contributed by atoms with Crippen molar-refractivity contribution in [3.05, 3.63) is 28.8 Å². The summed E-state index contributed by atoms with van der Waals surface area (Å²) in [5.74, 6) is -1.19. The Morgan fingerprint density at radius 3 is 2.87 bits per heavy atom. The number of amides is 2. The maximum Gasteiger partial charge on any atom is 0.327 e. The number of carbonyl (C=O) groups excluding carboxylic acids is 2. The van der Waals surface area contributed by atoms with Crippen LogP contribution >= 0.6 is 23.4 Å². The number of thioether (sulfide) groups is 1. The lowest BCUT2D eigenvalue weighted by atomic mass is 10.2. The first-order valence-electron chi connectivity index (χ1n) is 7.13.